The van der Waals surface area contributed by atoms with Gasteiger partial charge in [0.25, 0.3) is 5.91 Å². The van der Waals surface area contributed by atoms with Crippen molar-refractivity contribution < 1.29 is 13.9 Å². The van der Waals surface area contributed by atoms with Crippen molar-refractivity contribution in [3.63, 3.8) is 0 Å². The zero-order chi connectivity index (χ0) is 18.1. The van der Waals surface area contributed by atoms with Crippen LogP contribution in [-0.2, 0) is 0 Å². The van der Waals surface area contributed by atoms with E-state index in [1.165, 1.54) is 0 Å². The maximum atomic E-state index is 12.9. The molecular formula is C20H21N3O3. The number of nitrogens with one attached hydrogen (secondary N) is 1. The molecule has 4 rings (SSSR count). The molecule has 2 aromatic heterocycles. The average molecular weight is 351 g/mol. The van der Waals surface area contributed by atoms with Gasteiger partial charge in [0.15, 0.2) is 11.5 Å². The summed E-state index contributed by atoms with van der Waals surface area (Å²) in [6.45, 7) is 5.32. The Balaban J connectivity index is 1.81. The molecule has 3 heterocycles. The van der Waals surface area contributed by atoms with Gasteiger partial charge in [0.2, 0.25) is 0 Å². The first-order chi connectivity index (χ1) is 12.7. The molecule has 0 spiro atoms. The first kappa shape index (κ1) is 16.4. The van der Waals surface area contributed by atoms with E-state index in [2.05, 4.69) is 17.1 Å². The number of H-pyrrole nitrogens is 1. The van der Waals surface area contributed by atoms with Crippen LogP contribution in [-0.4, -0.2) is 34.2 Å². The number of furan rings is 1. The minimum Gasteiger partial charge on any atom is -0.494 e. The van der Waals surface area contributed by atoms with Crippen LogP contribution in [0.4, 0.5) is 0 Å². The number of ether oxygens (including phenoxy) is 1. The van der Waals surface area contributed by atoms with E-state index < -0.39 is 0 Å². The Bertz CT molecular complexity index is 897. The van der Waals surface area contributed by atoms with Gasteiger partial charge >= 0.3 is 0 Å². The standard InChI is InChI=1S/C20H21N3O3/c1-3-11-23-19(13-7-9-14(10-8-13)25-4-2)16-17(15-6-5-12-26-15)21-22-18(16)20(23)24/h5-10,12,19H,3-4,11H2,1-2H3,(H,21,22)/t19-/m0/s1. The first-order valence-electron chi connectivity index (χ1n) is 8.90. The molecule has 0 saturated heterocycles. The van der Waals surface area contributed by atoms with Crippen molar-refractivity contribution in [2.75, 3.05) is 13.2 Å². The lowest BCUT2D eigenvalue weighted by atomic mass is 9.98. The van der Waals surface area contributed by atoms with Crippen molar-refractivity contribution in [2.45, 2.75) is 26.3 Å². The van der Waals surface area contributed by atoms with E-state index in [1.807, 2.05) is 48.2 Å². The van der Waals surface area contributed by atoms with Crippen LogP contribution in [0.3, 0.4) is 0 Å². The molecule has 6 heteroatoms. The van der Waals surface area contributed by atoms with E-state index in [1.54, 1.807) is 6.26 Å². The second-order valence-corrected chi connectivity index (χ2v) is 6.24. The Morgan fingerprint density at radius 1 is 1.23 bits per heavy atom. The third-order valence-electron chi connectivity index (χ3n) is 4.59. The summed E-state index contributed by atoms with van der Waals surface area (Å²) in [6.07, 6.45) is 2.50. The molecule has 1 N–H and O–H groups in total. The maximum absolute atomic E-state index is 12.9. The largest absolute Gasteiger partial charge is 0.494 e. The molecule has 1 amide bonds. The van der Waals surface area contributed by atoms with Gasteiger partial charge in [0.1, 0.15) is 11.4 Å². The Morgan fingerprint density at radius 3 is 2.69 bits per heavy atom. The van der Waals surface area contributed by atoms with Crippen LogP contribution in [0.1, 0.15) is 47.9 Å². The normalized spacial score (nSPS) is 16.2. The summed E-state index contributed by atoms with van der Waals surface area (Å²) >= 11 is 0. The van der Waals surface area contributed by atoms with E-state index in [9.17, 15) is 4.79 Å². The van der Waals surface area contributed by atoms with Crippen LogP contribution in [0.5, 0.6) is 5.75 Å². The van der Waals surface area contributed by atoms with E-state index in [-0.39, 0.29) is 11.9 Å². The van der Waals surface area contributed by atoms with Crippen LogP contribution >= 0.6 is 0 Å². The zero-order valence-electron chi connectivity index (χ0n) is 14.9. The highest BCUT2D eigenvalue weighted by atomic mass is 16.5. The summed E-state index contributed by atoms with van der Waals surface area (Å²) < 4.78 is 11.1. The van der Waals surface area contributed by atoms with E-state index in [0.717, 1.165) is 29.0 Å². The molecule has 1 aliphatic rings. The summed E-state index contributed by atoms with van der Waals surface area (Å²) in [7, 11) is 0. The highest BCUT2D eigenvalue weighted by molar-refractivity contribution is 5.99. The molecule has 0 fully saturated rings. The Kier molecular flexibility index (Phi) is 4.24. The minimum absolute atomic E-state index is 0.0465. The van der Waals surface area contributed by atoms with Crippen molar-refractivity contribution in [3.8, 4) is 17.2 Å². The van der Waals surface area contributed by atoms with Crippen LogP contribution in [0.15, 0.2) is 47.1 Å². The third kappa shape index (κ3) is 2.58. The Morgan fingerprint density at radius 2 is 2.04 bits per heavy atom. The number of rotatable bonds is 6. The summed E-state index contributed by atoms with van der Waals surface area (Å²) in [5.41, 5.74) is 3.14. The number of carbonyl (C=O) groups is 1. The highest BCUT2D eigenvalue weighted by Gasteiger charge is 2.42. The molecule has 3 aromatic rings. The molecule has 134 valence electrons. The average Bonchev–Trinajstić information content (AvgIpc) is 3.36. The monoisotopic (exact) mass is 351 g/mol. The summed E-state index contributed by atoms with van der Waals surface area (Å²) in [6, 6.07) is 11.4. The van der Waals surface area contributed by atoms with Crippen molar-refractivity contribution in [2.24, 2.45) is 0 Å². The van der Waals surface area contributed by atoms with Gasteiger partial charge in [-0.05, 0) is 43.2 Å². The second-order valence-electron chi connectivity index (χ2n) is 6.24. The zero-order valence-corrected chi connectivity index (χ0v) is 14.9. The highest BCUT2D eigenvalue weighted by Crippen LogP contribution is 2.43. The van der Waals surface area contributed by atoms with Crippen molar-refractivity contribution in [1.82, 2.24) is 15.1 Å². The number of aromatic amines is 1. The molecule has 0 bridgehead atoms. The molecule has 0 saturated carbocycles. The van der Waals surface area contributed by atoms with Gasteiger partial charge in [-0.3, -0.25) is 9.89 Å². The van der Waals surface area contributed by atoms with Crippen LogP contribution in [0.25, 0.3) is 11.5 Å². The molecule has 1 aliphatic heterocycles. The molecule has 0 aliphatic carbocycles. The Hall–Kier alpha value is -3.02. The number of carbonyl (C=O) groups excluding carboxylic acids is 1. The fraction of sp³-hybridized carbons (Fsp3) is 0.300. The summed E-state index contributed by atoms with van der Waals surface area (Å²) in [5, 5.41) is 7.28. The Labute approximate surface area is 151 Å². The molecule has 1 atom stereocenters. The van der Waals surface area contributed by atoms with E-state index >= 15 is 0 Å². The second kappa shape index (κ2) is 6.71. The van der Waals surface area contributed by atoms with Crippen LogP contribution in [0.2, 0.25) is 0 Å². The maximum Gasteiger partial charge on any atom is 0.275 e. The lowest BCUT2D eigenvalue weighted by Crippen LogP contribution is -2.30. The number of amides is 1. The van der Waals surface area contributed by atoms with Gasteiger partial charge in [-0.15, -0.1) is 0 Å². The van der Waals surface area contributed by atoms with Crippen LogP contribution in [0, 0.1) is 0 Å². The summed E-state index contributed by atoms with van der Waals surface area (Å²) in [5.74, 6) is 1.46. The molecule has 0 unspecified atom stereocenters. The lowest BCUT2D eigenvalue weighted by molar-refractivity contribution is 0.0744. The van der Waals surface area contributed by atoms with Gasteiger partial charge in [0.05, 0.1) is 18.9 Å². The van der Waals surface area contributed by atoms with Gasteiger partial charge < -0.3 is 14.1 Å². The quantitative estimate of drug-likeness (QED) is 0.728. The van der Waals surface area contributed by atoms with Gasteiger partial charge in [0, 0.05) is 12.1 Å². The van der Waals surface area contributed by atoms with Crippen molar-refractivity contribution in [1.29, 1.82) is 0 Å². The molecule has 1 aromatic carbocycles. The van der Waals surface area contributed by atoms with Crippen molar-refractivity contribution >= 4 is 5.91 Å². The molecular weight excluding hydrogens is 330 g/mol. The fourth-order valence-electron chi connectivity index (χ4n) is 3.53. The first-order valence-corrected chi connectivity index (χ1v) is 8.90. The third-order valence-corrected chi connectivity index (χ3v) is 4.59. The van der Waals surface area contributed by atoms with E-state index in [4.69, 9.17) is 9.15 Å². The number of benzene rings is 1. The number of hydrogen-bond donors (Lipinski definition) is 1. The number of nitrogens with zero attached hydrogens (tertiary/aromatic N) is 2. The SMILES string of the molecule is CCCN1C(=O)c2n[nH]c(-c3ccco3)c2[C@@H]1c1ccc(OCC)cc1. The number of fused-ring (bicyclic) bond motifs is 1. The predicted molar refractivity (Wildman–Crippen MR) is 97.1 cm³/mol. The summed E-state index contributed by atoms with van der Waals surface area (Å²) in [4.78, 5) is 14.8. The predicted octanol–water partition coefficient (Wildman–Crippen LogP) is 4.02. The smallest absolute Gasteiger partial charge is 0.275 e. The van der Waals surface area contributed by atoms with Crippen LogP contribution < -0.4 is 4.74 Å². The number of hydrogen-bond acceptors (Lipinski definition) is 4. The minimum atomic E-state index is -0.188. The fourth-order valence-corrected chi connectivity index (χ4v) is 3.53. The van der Waals surface area contributed by atoms with Gasteiger partial charge in [-0.25, -0.2) is 0 Å². The van der Waals surface area contributed by atoms with Gasteiger partial charge in [-0.1, -0.05) is 19.1 Å². The van der Waals surface area contributed by atoms with E-state index in [0.29, 0.717) is 24.6 Å². The topological polar surface area (TPSA) is 71.4 Å². The number of aromatic nitrogens is 2. The molecule has 0 radical (unpaired) electrons. The molecule has 26 heavy (non-hydrogen) atoms. The van der Waals surface area contributed by atoms with Gasteiger partial charge in [-0.2, -0.15) is 5.10 Å². The lowest BCUT2D eigenvalue weighted by Gasteiger charge is -2.26. The molecule has 6 nitrogen and oxygen atoms in total. The van der Waals surface area contributed by atoms with Crippen molar-refractivity contribution in [3.05, 3.63) is 59.5 Å².